The lowest BCUT2D eigenvalue weighted by molar-refractivity contribution is 0.277. The molecule has 0 unspecified atom stereocenters. The van der Waals surface area contributed by atoms with Crippen LogP contribution >= 0.6 is 11.6 Å². The summed E-state index contributed by atoms with van der Waals surface area (Å²) in [5, 5.41) is 21.9. The first kappa shape index (κ1) is 14.1. The standard InChI is InChI=1S/C14H18ClN3O/c15-12-1-2-14(11(9-12)10-16)18-6-3-13(4-7-18)17-5-8-19/h1-2,9,13,17,19H,3-8H2. The lowest BCUT2D eigenvalue weighted by atomic mass is 10.0. The molecule has 1 aliphatic rings. The molecule has 0 bridgehead atoms. The van der Waals surface area contributed by atoms with Crippen LogP contribution in [0.4, 0.5) is 5.69 Å². The molecule has 1 fully saturated rings. The Morgan fingerprint density at radius 1 is 1.42 bits per heavy atom. The molecule has 2 rings (SSSR count). The normalized spacial score (nSPS) is 16.4. The molecule has 1 heterocycles. The molecule has 0 spiro atoms. The van der Waals surface area contributed by atoms with Crippen LogP contribution in [-0.4, -0.2) is 37.4 Å². The average molecular weight is 280 g/mol. The zero-order valence-corrected chi connectivity index (χ0v) is 11.5. The number of hydrogen-bond acceptors (Lipinski definition) is 4. The van der Waals surface area contributed by atoms with Crippen molar-refractivity contribution in [1.29, 1.82) is 5.26 Å². The van der Waals surface area contributed by atoms with Crippen LogP contribution in [0.25, 0.3) is 0 Å². The molecule has 5 heteroatoms. The van der Waals surface area contributed by atoms with E-state index in [0.717, 1.165) is 31.6 Å². The van der Waals surface area contributed by atoms with Gasteiger partial charge in [0.25, 0.3) is 0 Å². The Balaban J connectivity index is 2.00. The van der Waals surface area contributed by atoms with Gasteiger partial charge in [-0.05, 0) is 31.0 Å². The summed E-state index contributed by atoms with van der Waals surface area (Å²) in [6.07, 6.45) is 2.04. The van der Waals surface area contributed by atoms with Crippen LogP contribution in [0, 0.1) is 11.3 Å². The van der Waals surface area contributed by atoms with Gasteiger partial charge in [0.2, 0.25) is 0 Å². The number of rotatable bonds is 4. The quantitative estimate of drug-likeness (QED) is 0.882. The van der Waals surface area contributed by atoms with Crippen molar-refractivity contribution in [2.24, 2.45) is 0 Å². The summed E-state index contributed by atoms with van der Waals surface area (Å²) in [5.74, 6) is 0. The predicted octanol–water partition coefficient (Wildman–Crippen LogP) is 1.76. The van der Waals surface area contributed by atoms with E-state index in [0.29, 0.717) is 23.2 Å². The minimum absolute atomic E-state index is 0.177. The summed E-state index contributed by atoms with van der Waals surface area (Å²) >= 11 is 5.91. The highest BCUT2D eigenvalue weighted by Gasteiger charge is 2.20. The highest BCUT2D eigenvalue weighted by atomic mass is 35.5. The smallest absolute Gasteiger partial charge is 0.101 e. The highest BCUT2D eigenvalue weighted by Crippen LogP contribution is 2.26. The zero-order valence-electron chi connectivity index (χ0n) is 10.8. The molecule has 1 aromatic carbocycles. The van der Waals surface area contributed by atoms with E-state index in [4.69, 9.17) is 22.0 Å². The van der Waals surface area contributed by atoms with E-state index >= 15 is 0 Å². The monoisotopic (exact) mass is 279 g/mol. The Labute approximate surface area is 118 Å². The lowest BCUT2D eigenvalue weighted by Gasteiger charge is -2.34. The maximum absolute atomic E-state index is 9.17. The van der Waals surface area contributed by atoms with Crippen LogP contribution in [0.5, 0.6) is 0 Å². The molecular weight excluding hydrogens is 262 g/mol. The van der Waals surface area contributed by atoms with Crippen molar-refractivity contribution >= 4 is 17.3 Å². The number of benzene rings is 1. The van der Waals surface area contributed by atoms with E-state index in [1.165, 1.54) is 0 Å². The van der Waals surface area contributed by atoms with Crippen LogP contribution < -0.4 is 10.2 Å². The molecule has 1 aromatic rings. The molecule has 0 aromatic heterocycles. The van der Waals surface area contributed by atoms with Gasteiger partial charge in [-0.3, -0.25) is 0 Å². The SMILES string of the molecule is N#Cc1cc(Cl)ccc1N1CCC(NCCO)CC1. The first-order chi connectivity index (χ1) is 9.24. The van der Waals surface area contributed by atoms with E-state index < -0.39 is 0 Å². The van der Waals surface area contributed by atoms with Crippen LogP contribution in [0.2, 0.25) is 5.02 Å². The fraction of sp³-hybridized carbons (Fsp3) is 0.500. The second-order valence-corrected chi connectivity index (χ2v) is 5.15. The number of piperidine rings is 1. The molecular formula is C14H18ClN3O. The summed E-state index contributed by atoms with van der Waals surface area (Å²) in [5.41, 5.74) is 1.60. The predicted molar refractivity (Wildman–Crippen MR) is 76.5 cm³/mol. The van der Waals surface area contributed by atoms with Gasteiger partial charge in [0.15, 0.2) is 0 Å². The summed E-state index contributed by atoms with van der Waals surface area (Å²) < 4.78 is 0. The van der Waals surface area contributed by atoms with E-state index in [9.17, 15) is 0 Å². The number of nitriles is 1. The van der Waals surface area contributed by atoms with Gasteiger partial charge in [0.05, 0.1) is 17.9 Å². The van der Waals surface area contributed by atoms with Gasteiger partial charge < -0.3 is 15.3 Å². The van der Waals surface area contributed by atoms with Crippen molar-refractivity contribution in [1.82, 2.24) is 5.32 Å². The third-order valence-electron chi connectivity index (χ3n) is 3.46. The number of anilines is 1. The van der Waals surface area contributed by atoms with Crippen LogP contribution in [0.3, 0.4) is 0 Å². The van der Waals surface area contributed by atoms with Gasteiger partial charge >= 0.3 is 0 Å². The van der Waals surface area contributed by atoms with Crippen LogP contribution in [0.15, 0.2) is 18.2 Å². The number of aliphatic hydroxyl groups excluding tert-OH is 1. The average Bonchev–Trinajstić information content (AvgIpc) is 2.45. The molecule has 2 N–H and O–H groups in total. The summed E-state index contributed by atoms with van der Waals surface area (Å²) in [4.78, 5) is 2.23. The van der Waals surface area contributed by atoms with Crippen molar-refractivity contribution < 1.29 is 5.11 Å². The van der Waals surface area contributed by atoms with Gasteiger partial charge in [0, 0.05) is 30.7 Å². The minimum Gasteiger partial charge on any atom is -0.395 e. The first-order valence-corrected chi connectivity index (χ1v) is 6.91. The number of nitrogens with one attached hydrogen (secondary N) is 1. The molecule has 19 heavy (non-hydrogen) atoms. The van der Waals surface area contributed by atoms with Gasteiger partial charge in [-0.15, -0.1) is 0 Å². The maximum Gasteiger partial charge on any atom is 0.101 e. The summed E-state index contributed by atoms with van der Waals surface area (Å²) in [6.45, 7) is 2.66. The summed E-state index contributed by atoms with van der Waals surface area (Å²) in [6, 6.07) is 8.13. The maximum atomic E-state index is 9.17. The van der Waals surface area contributed by atoms with Gasteiger partial charge in [-0.2, -0.15) is 5.26 Å². The van der Waals surface area contributed by atoms with E-state index in [1.54, 1.807) is 6.07 Å². The van der Waals surface area contributed by atoms with E-state index in [1.807, 2.05) is 12.1 Å². The molecule has 4 nitrogen and oxygen atoms in total. The Bertz CT molecular complexity index is 464. The fourth-order valence-corrected chi connectivity index (χ4v) is 2.64. The second kappa shape index (κ2) is 6.76. The number of aliphatic hydroxyl groups is 1. The molecule has 1 saturated heterocycles. The third-order valence-corrected chi connectivity index (χ3v) is 3.69. The largest absolute Gasteiger partial charge is 0.395 e. The number of nitrogens with zero attached hydrogens (tertiary/aromatic N) is 2. The molecule has 102 valence electrons. The van der Waals surface area contributed by atoms with Crippen molar-refractivity contribution in [2.75, 3.05) is 31.1 Å². The molecule has 0 aliphatic carbocycles. The van der Waals surface area contributed by atoms with Gasteiger partial charge in [0.1, 0.15) is 6.07 Å². The zero-order chi connectivity index (χ0) is 13.7. The first-order valence-electron chi connectivity index (χ1n) is 6.53. The molecule has 0 saturated carbocycles. The van der Waals surface area contributed by atoms with Gasteiger partial charge in [-0.25, -0.2) is 0 Å². The Hall–Kier alpha value is -1.28. The van der Waals surface area contributed by atoms with E-state index in [2.05, 4.69) is 16.3 Å². The Kier molecular flexibility index (Phi) is 5.03. The Morgan fingerprint density at radius 2 is 2.16 bits per heavy atom. The van der Waals surface area contributed by atoms with Crippen LogP contribution in [0.1, 0.15) is 18.4 Å². The van der Waals surface area contributed by atoms with Crippen LogP contribution in [-0.2, 0) is 0 Å². The van der Waals surface area contributed by atoms with Crippen molar-refractivity contribution in [2.45, 2.75) is 18.9 Å². The second-order valence-electron chi connectivity index (χ2n) is 4.71. The summed E-state index contributed by atoms with van der Waals surface area (Å²) in [7, 11) is 0. The third kappa shape index (κ3) is 3.60. The van der Waals surface area contributed by atoms with Crippen molar-refractivity contribution in [3.05, 3.63) is 28.8 Å². The van der Waals surface area contributed by atoms with Crippen molar-refractivity contribution in [3.63, 3.8) is 0 Å². The molecule has 0 radical (unpaired) electrons. The van der Waals surface area contributed by atoms with Gasteiger partial charge in [-0.1, -0.05) is 11.6 Å². The lowest BCUT2D eigenvalue weighted by Crippen LogP contribution is -2.43. The number of hydrogen-bond donors (Lipinski definition) is 2. The molecule has 0 amide bonds. The molecule has 0 atom stereocenters. The highest BCUT2D eigenvalue weighted by molar-refractivity contribution is 6.30. The topological polar surface area (TPSA) is 59.3 Å². The Morgan fingerprint density at radius 3 is 2.79 bits per heavy atom. The fourth-order valence-electron chi connectivity index (χ4n) is 2.47. The van der Waals surface area contributed by atoms with Crippen molar-refractivity contribution in [3.8, 4) is 6.07 Å². The number of halogens is 1. The van der Waals surface area contributed by atoms with E-state index in [-0.39, 0.29) is 6.61 Å². The molecule has 1 aliphatic heterocycles. The minimum atomic E-state index is 0.177.